The molecule has 3 rings (SSSR count). The van der Waals surface area contributed by atoms with Crippen LogP contribution in [0.2, 0.25) is 0 Å². The van der Waals surface area contributed by atoms with Gasteiger partial charge in [0.25, 0.3) is 5.91 Å². The number of hydrogen-bond donors (Lipinski definition) is 3. The van der Waals surface area contributed by atoms with Crippen LogP contribution in [0.15, 0.2) is 36.4 Å². The molecule has 24 heavy (non-hydrogen) atoms. The van der Waals surface area contributed by atoms with E-state index >= 15 is 0 Å². The van der Waals surface area contributed by atoms with Crippen LogP contribution in [-0.4, -0.2) is 28.9 Å². The Kier molecular flexibility index (Phi) is 4.64. The molecule has 6 heteroatoms. The van der Waals surface area contributed by atoms with Gasteiger partial charge in [0.15, 0.2) is 0 Å². The molecule has 2 aliphatic carbocycles. The topological polar surface area (TPSA) is 95.5 Å². The number of carboxylic acids is 1. The number of benzene rings is 1. The van der Waals surface area contributed by atoms with Crippen LogP contribution >= 0.6 is 0 Å². The van der Waals surface area contributed by atoms with E-state index in [9.17, 15) is 19.5 Å². The van der Waals surface area contributed by atoms with E-state index in [1.807, 2.05) is 6.08 Å². The number of anilines is 1. The van der Waals surface area contributed by atoms with Crippen molar-refractivity contribution in [3.63, 3.8) is 0 Å². The number of amides is 2. The van der Waals surface area contributed by atoms with Crippen molar-refractivity contribution in [1.29, 1.82) is 0 Å². The molecule has 0 radical (unpaired) electrons. The average molecular weight is 328 g/mol. The molecule has 1 aromatic rings. The van der Waals surface area contributed by atoms with Gasteiger partial charge in [-0.2, -0.15) is 0 Å². The summed E-state index contributed by atoms with van der Waals surface area (Å²) in [4.78, 5) is 35.6. The lowest BCUT2D eigenvalue weighted by Gasteiger charge is -2.24. The Balaban J connectivity index is 1.62. The first-order valence-electron chi connectivity index (χ1n) is 8.14. The highest BCUT2D eigenvalue weighted by molar-refractivity contribution is 5.97. The normalized spacial score (nSPS) is 22.7. The molecule has 0 heterocycles. The van der Waals surface area contributed by atoms with Gasteiger partial charge >= 0.3 is 5.97 Å². The highest BCUT2D eigenvalue weighted by Gasteiger charge is 2.34. The lowest BCUT2D eigenvalue weighted by atomic mass is 9.82. The average Bonchev–Trinajstić information content (AvgIpc) is 3.39. The molecule has 126 valence electrons. The summed E-state index contributed by atoms with van der Waals surface area (Å²) in [5.41, 5.74) is 1.10. The van der Waals surface area contributed by atoms with Crippen molar-refractivity contribution >= 4 is 23.5 Å². The van der Waals surface area contributed by atoms with Crippen molar-refractivity contribution in [2.45, 2.75) is 31.7 Å². The lowest BCUT2D eigenvalue weighted by molar-refractivity contribution is -0.146. The van der Waals surface area contributed by atoms with Crippen LogP contribution in [0.1, 0.15) is 36.0 Å². The molecule has 1 aromatic carbocycles. The minimum absolute atomic E-state index is 0.112. The molecule has 6 nitrogen and oxygen atoms in total. The van der Waals surface area contributed by atoms with Crippen molar-refractivity contribution in [1.82, 2.24) is 5.32 Å². The number of carbonyl (C=O) groups is 3. The minimum Gasteiger partial charge on any atom is -0.481 e. The summed E-state index contributed by atoms with van der Waals surface area (Å²) < 4.78 is 0. The van der Waals surface area contributed by atoms with Crippen LogP contribution < -0.4 is 10.6 Å². The van der Waals surface area contributed by atoms with Crippen LogP contribution in [0.25, 0.3) is 0 Å². The fraction of sp³-hybridized carbons (Fsp3) is 0.389. The van der Waals surface area contributed by atoms with Crippen molar-refractivity contribution < 1.29 is 19.5 Å². The highest BCUT2D eigenvalue weighted by Crippen LogP contribution is 2.27. The van der Waals surface area contributed by atoms with Crippen molar-refractivity contribution in [2.75, 3.05) is 5.32 Å². The standard InChI is InChI=1S/C18H20N2O4/c21-16(19-13-9-10-13)11-5-7-12(8-6-11)20-17(22)14-3-1-2-4-15(14)18(23)24/h1-2,5-8,13-15H,3-4,9-10H2,(H,19,21)(H,20,22)(H,23,24)/t14-,15+/m1/s1. The molecule has 0 aliphatic heterocycles. The van der Waals surface area contributed by atoms with Gasteiger partial charge in [-0.1, -0.05) is 12.2 Å². The molecule has 0 spiro atoms. The number of hydrogen-bond acceptors (Lipinski definition) is 3. The van der Waals surface area contributed by atoms with E-state index < -0.39 is 17.8 Å². The summed E-state index contributed by atoms with van der Waals surface area (Å²) in [6, 6.07) is 6.93. The molecule has 2 aliphatic rings. The van der Waals surface area contributed by atoms with E-state index in [-0.39, 0.29) is 11.8 Å². The van der Waals surface area contributed by atoms with Crippen LogP contribution in [0.5, 0.6) is 0 Å². The van der Waals surface area contributed by atoms with E-state index in [4.69, 9.17) is 0 Å². The molecular formula is C18H20N2O4. The van der Waals surface area contributed by atoms with E-state index in [2.05, 4.69) is 10.6 Å². The van der Waals surface area contributed by atoms with Crippen molar-refractivity contribution in [3.8, 4) is 0 Å². The Hall–Kier alpha value is -2.63. The first-order chi connectivity index (χ1) is 11.5. The summed E-state index contributed by atoms with van der Waals surface area (Å²) in [5, 5.41) is 14.9. The van der Waals surface area contributed by atoms with E-state index in [0.29, 0.717) is 30.1 Å². The first kappa shape index (κ1) is 16.2. The Morgan fingerprint density at radius 3 is 2.17 bits per heavy atom. The third kappa shape index (κ3) is 3.82. The number of rotatable bonds is 5. The second kappa shape index (κ2) is 6.86. The second-order valence-electron chi connectivity index (χ2n) is 6.31. The molecule has 0 saturated heterocycles. The molecular weight excluding hydrogens is 308 g/mol. The molecule has 3 N–H and O–H groups in total. The second-order valence-corrected chi connectivity index (χ2v) is 6.31. The third-order valence-corrected chi connectivity index (χ3v) is 4.41. The number of carboxylic acid groups (broad SMARTS) is 1. The quantitative estimate of drug-likeness (QED) is 0.722. The van der Waals surface area contributed by atoms with Crippen LogP contribution in [-0.2, 0) is 9.59 Å². The maximum Gasteiger partial charge on any atom is 0.307 e. The Morgan fingerprint density at radius 1 is 0.958 bits per heavy atom. The molecule has 2 atom stereocenters. The minimum atomic E-state index is -0.952. The van der Waals surface area contributed by atoms with Crippen LogP contribution in [0, 0.1) is 11.8 Å². The fourth-order valence-corrected chi connectivity index (χ4v) is 2.81. The van der Waals surface area contributed by atoms with Gasteiger partial charge in [0.05, 0.1) is 11.8 Å². The Bertz CT molecular complexity index is 677. The molecule has 1 fully saturated rings. The number of carbonyl (C=O) groups excluding carboxylic acids is 2. The van der Waals surface area contributed by atoms with Gasteiger partial charge in [0.2, 0.25) is 5.91 Å². The largest absolute Gasteiger partial charge is 0.481 e. The zero-order valence-electron chi connectivity index (χ0n) is 13.2. The molecule has 0 bridgehead atoms. The van der Waals surface area contributed by atoms with E-state index in [1.54, 1.807) is 30.3 Å². The monoisotopic (exact) mass is 328 g/mol. The predicted octanol–water partition coefficient (Wildman–Crippen LogP) is 2.18. The molecule has 0 unspecified atom stereocenters. The van der Waals surface area contributed by atoms with E-state index in [1.165, 1.54) is 0 Å². The van der Waals surface area contributed by atoms with Gasteiger partial charge in [0.1, 0.15) is 0 Å². The predicted molar refractivity (Wildman–Crippen MR) is 88.5 cm³/mol. The zero-order chi connectivity index (χ0) is 17.1. The number of aliphatic carboxylic acids is 1. The van der Waals surface area contributed by atoms with Gasteiger partial charge in [-0.25, -0.2) is 0 Å². The molecule has 2 amide bonds. The van der Waals surface area contributed by atoms with Gasteiger partial charge in [0, 0.05) is 17.3 Å². The third-order valence-electron chi connectivity index (χ3n) is 4.41. The van der Waals surface area contributed by atoms with Crippen molar-refractivity contribution in [2.24, 2.45) is 11.8 Å². The first-order valence-corrected chi connectivity index (χ1v) is 8.14. The van der Waals surface area contributed by atoms with Crippen LogP contribution in [0.3, 0.4) is 0 Å². The Labute approximate surface area is 139 Å². The Morgan fingerprint density at radius 2 is 1.58 bits per heavy atom. The number of nitrogens with one attached hydrogen (secondary N) is 2. The lowest BCUT2D eigenvalue weighted by Crippen LogP contribution is -2.34. The summed E-state index contributed by atoms with van der Waals surface area (Å²) in [5.74, 6) is -2.64. The smallest absolute Gasteiger partial charge is 0.307 e. The molecule has 0 aromatic heterocycles. The van der Waals surface area contributed by atoms with Crippen LogP contribution in [0.4, 0.5) is 5.69 Å². The highest BCUT2D eigenvalue weighted by atomic mass is 16.4. The fourth-order valence-electron chi connectivity index (χ4n) is 2.81. The molecule has 1 saturated carbocycles. The van der Waals surface area contributed by atoms with Crippen molar-refractivity contribution in [3.05, 3.63) is 42.0 Å². The van der Waals surface area contributed by atoms with Gasteiger partial charge in [-0.3, -0.25) is 14.4 Å². The summed E-state index contributed by atoms with van der Waals surface area (Å²) in [6.07, 6.45) is 6.49. The van der Waals surface area contributed by atoms with E-state index in [0.717, 1.165) is 12.8 Å². The maximum absolute atomic E-state index is 12.4. The SMILES string of the molecule is O=C(NC1CC1)c1ccc(NC(=O)[C@@H]2CC=CC[C@@H]2C(=O)O)cc1. The van der Waals surface area contributed by atoms with Gasteiger partial charge < -0.3 is 15.7 Å². The van der Waals surface area contributed by atoms with Gasteiger partial charge in [-0.05, 0) is 49.9 Å². The summed E-state index contributed by atoms with van der Waals surface area (Å²) in [6.45, 7) is 0. The summed E-state index contributed by atoms with van der Waals surface area (Å²) in [7, 11) is 0. The maximum atomic E-state index is 12.4. The number of allylic oxidation sites excluding steroid dienone is 2. The summed E-state index contributed by atoms with van der Waals surface area (Å²) >= 11 is 0. The zero-order valence-corrected chi connectivity index (χ0v) is 13.2. The van der Waals surface area contributed by atoms with Gasteiger partial charge in [-0.15, -0.1) is 0 Å².